The highest BCUT2D eigenvalue weighted by molar-refractivity contribution is 6.11. The number of hydrogen-bond donors (Lipinski definition) is 0. The molecule has 0 amide bonds. The first-order valence-corrected chi connectivity index (χ1v) is 18.4. The number of para-hydroxylation sites is 1. The number of hydrogen-bond acceptors (Lipinski definition) is 5. The van der Waals surface area contributed by atoms with Gasteiger partial charge in [0.1, 0.15) is 11.2 Å². The van der Waals surface area contributed by atoms with Crippen LogP contribution in [0.3, 0.4) is 0 Å². The fourth-order valence-corrected chi connectivity index (χ4v) is 8.19. The molecule has 0 saturated carbocycles. The first-order valence-electron chi connectivity index (χ1n) is 18.4. The van der Waals surface area contributed by atoms with Crippen LogP contribution in [0, 0.1) is 13.8 Å². The lowest BCUT2D eigenvalue weighted by atomic mass is 9.80. The van der Waals surface area contributed by atoms with Gasteiger partial charge in [0.15, 0.2) is 17.5 Å². The van der Waals surface area contributed by atoms with Crippen molar-refractivity contribution < 1.29 is 4.42 Å². The summed E-state index contributed by atoms with van der Waals surface area (Å²) in [6.07, 6.45) is 0. The zero-order chi connectivity index (χ0) is 36.6. The van der Waals surface area contributed by atoms with Gasteiger partial charge in [-0.05, 0) is 101 Å². The van der Waals surface area contributed by atoms with Crippen LogP contribution in [0.25, 0.3) is 89.5 Å². The molecule has 10 rings (SSSR count). The lowest BCUT2D eigenvalue weighted by Crippen LogP contribution is -2.15. The summed E-state index contributed by atoms with van der Waals surface area (Å²) in [5.41, 5.74) is 16.0. The van der Waals surface area contributed by atoms with Crippen molar-refractivity contribution in [1.82, 2.24) is 19.9 Å². The fraction of sp³-hybridized carbons (Fsp3) is 0.102. The molecule has 3 aromatic heterocycles. The Morgan fingerprint density at radius 3 is 1.52 bits per heavy atom. The van der Waals surface area contributed by atoms with Gasteiger partial charge in [0.2, 0.25) is 0 Å². The second kappa shape index (κ2) is 12.2. The second-order valence-electron chi connectivity index (χ2n) is 14.8. The van der Waals surface area contributed by atoms with Gasteiger partial charge in [-0.15, -0.1) is 0 Å². The summed E-state index contributed by atoms with van der Waals surface area (Å²) in [7, 11) is 0. The SMILES string of the molecule is Cc1cc(-c2ccc3c(c2)C(C)(C)c2cc(-c4cc(-c5nc(-c6ccccc6)nc(-c6ccccc6)n5)c5oc6ccccc6c5c4)ccc2-3)cc(C)n1. The molecule has 1 aliphatic rings. The van der Waals surface area contributed by atoms with Crippen LogP contribution in [0.2, 0.25) is 0 Å². The van der Waals surface area contributed by atoms with Crippen LogP contribution in [0.15, 0.2) is 150 Å². The maximum absolute atomic E-state index is 6.63. The Hall–Kier alpha value is -6.72. The molecule has 0 radical (unpaired) electrons. The number of rotatable bonds is 5. The van der Waals surface area contributed by atoms with Gasteiger partial charge >= 0.3 is 0 Å². The average molecular weight is 697 g/mol. The van der Waals surface area contributed by atoms with E-state index in [1.165, 1.54) is 33.4 Å². The molecular weight excluding hydrogens is 661 g/mol. The number of furan rings is 1. The summed E-state index contributed by atoms with van der Waals surface area (Å²) < 4.78 is 6.63. The molecule has 9 aromatic rings. The molecule has 5 nitrogen and oxygen atoms in total. The first kappa shape index (κ1) is 32.0. The molecule has 54 heavy (non-hydrogen) atoms. The highest BCUT2D eigenvalue weighted by atomic mass is 16.3. The molecule has 258 valence electrons. The van der Waals surface area contributed by atoms with Crippen LogP contribution in [0.5, 0.6) is 0 Å². The van der Waals surface area contributed by atoms with Gasteiger partial charge in [-0.1, -0.05) is 117 Å². The molecule has 0 atom stereocenters. The smallest absolute Gasteiger partial charge is 0.167 e. The topological polar surface area (TPSA) is 64.7 Å². The number of nitrogens with zero attached hydrogens (tertiary/aromatic N) is 4. The third kappa shape index (κ3) is 5.23. The Morgan fingerprint density at radius 1 is 0.407 bits per heavy atom. The summed E-state index contributed by atoms with van der Waals surface area (Å²) in [5, 5.41) is 2.08. The zero-order valence-corrected chi connectivity index (χ0v) is 30.6. The third-order valence-corrected chi connectivity index (χ3v) is 10.8. The molecule has 0 N–H and O–H groups in total. The Labute approximate surface area is 314 Å². The molecule has 0 spiro atoms. The maximum atomic E-state index is 6.63. The molecule has 0 unspecified atom stereocenters. The van der Waals surface area contributed by atoms with Crippen LogP contribution >= 0.6 is 0 Å². The molecule has 0 fully saturated rings. The third-order valence-electron chi connectivity index (χ3n) is 10.8. The Bertz CT molecular complexity index is 2850. The number of aryl methyl sites for hydroxylation is 2. The second-order valence-corrected chi connectivity index (χ2v) is 14.8. The molecular formula is C49H36N4O. The molecule has 0 bridgehead atoms. The molecule has 6 aromatic carbocycles. The van der Waals surface area contributed by atoms with Crippen molar-refractivity contribution in [3.05, 3.63) is 168 Å². The first-order chi connectivity index (χ1) is 26.3. The van der Waals surface area contributed by atoms with Gasteiger partial charge in [-0.25, -0.2) is 15.0 Å². The fourth-order valence-electron chi connectivity index (χ4n) is 8.19. The van der Waals surface area contributed by atoms with Crippen molar-refractivity contribution in [1.29, 1.82) is 0 Å². The van der Waals surface area contributed by atoms with E-state index in [1.807, 2.05) is 72.8 Å². The van der Waals surface area contributed by atoms with E-state index in [-0.39, 0.29) is 5.41 Å². The predicted molar refractivity (Wildman–Crippen MR) is 219 cm³/mol. The number of aromatic nitrogens is 4. The highest BCUT2D eigenvalue weighted by Crippen LogP contribution is 2.51. The summed E-state index contributed by atoms with van der Waals surface area (Å²) in [4.78, 5) is 19.8. The van der Waals surface area contributed by atoms with Crippen LogP contribution < -0.4 is 0 Å². The van der Waals surface area contributed by atoms with Gasteiger partial charge in [0.05, 0.1) is 5.56 Å². The highest BCUT2D eigenvalue weighted by Gasteiger charge is 2.36. The van der Waals surface area contributed by atoms with Gasteiger partial charge < -0.3 is 4.42 Å². The number of pyridine rings is 1. The molecule has 0 aliphatic heterocycles. The van der Waals surface area contributed by atoms with E-state index in [9.17, 15) is 0 Å². The van der Waals surface area contributed by atoms with Crippen molar-refractivity contribution >= 4 is 21.9 Å². The summed E-state index contributed by atoms with van der Waals surface area (Å²) in [6, 6.07) is 51.0. The minimum Gasteiger partial charge on any atom is -0.455 e. The van der Waals surface area contributed by atoms with Crippen molar-refractivity contribution in [3.63, 3.8) is 0 Å². The average Bonchev–Trinajstić information content (AvgIpc) is 3.69. The van der Waals surface area contributed by atoms with E-state index < -0.39 is 0 Å². The molecule has 0 saturated heterocycles. The quantitative estimate of drug-likeness (QED) is 0.179. The van der Waals surface area contributed by atoms with E-state index in [1.54, 1.807) is 0 Å². The maximum Gasteiger partial charge on any atom is 0.167 e. The van der Waals surface area contributed by atoms with Crippen LogP contribution in [-0.2, 0) is 5.41 Å². The predicted octanol–water partition coefficient (Wildman–Crippen LogP) is 12.4. The van der Waals surface area contributed by atoms with Crippen molar-refractivity contribution in [2.45, 2.75) is 33.1 Å². The van der Waals surface area contributed by atoms with Gasteiger partial charge in [0, 0.05) is 38.7 Å². The summed E-state index contributed by atoms with van der Waals surface area (Å²) in [5.74, 6) is 1.79. The standard InChI is InChI=1S/C49H36N4O/c1-29-23-35(24-30(2)50-29)33-19-21-37-38-22-20-34(28-43(38)49(3,4)42(37)27-33)36-25-40-39-17-11-12-18-44(39)54-45(40)41(26-36)48-52-46(31-13-7-5-8-14-31)51-47(53-48)32-15-9-6-10-16-32/h5-28H,1-4H3. The van der Waals surface area contributed by atoms with Gasteiger partial charge in [-0.2, -0.15) is 0 Å². The lowest BCUT2D eigenvalue weighted by molar-refractivity contribution is 0.661. The van der Waals surface area contributed by atoms with Crippen LogP contribution in [-0.4, -0.2) is 19.9 Å². The van der Waals surface area contributed by atoms with Crippen molar-refractivity contribution in [2.75, 3.05) is 0 Å². The molecule has 3 heterocycles. The van der Waals surface area contributed by atoms with Gasteiger partial charge in [-0.3, -0.25) is 4.98 Å². The Kier molecular flexibility index (Phi) is 7.21. The minimum atomic E-state index is -0.202. The van der Waals surface area contributed by atoms with Crippen molar-refractivity contribution in [2.24, 2.45) is 0 Å². The van der Waals surface area contributed by atoms with E-state index in [0.717, 1.165) is 61.1 Å². The Morgan fingerprint density at radius 2 is 0.926 bits per heavy atom. The lowest BCUT2D eigenvalue weighted by Gasteiger charge is -2.23. The minimum absolute atomic E-state index is 0.202. The van der Waals surface area contributed by atoms with E-state index in [0.29, 0.717) is 17.5 Å². The largest absolute Gasteiger partial charge is 0.455 e. The zero-order valence-electron chi connectivity index (χ0n) is 30.6. The molecule has 1 aliphatic carbocycles. The summed E-state index contributed by atoms with van der Waals surface area (Å²) in [6.45, 7) is 8.80. The van der Waals surface area contributed by atoms with E-state index in [4.69, 9.17) is 19.4 Å². The monoisotopic (exact) mass is 696 g/mol. The molecule has 5 heteroatoms. The van der Waals surface area contributed by atoms with Crippen LogP contribution in [0.1, 0.15) is 36.4 Å². The normalized spacial score (nSPS) is 13.0. The number of benzene rings is 6. The number of fused-ring (bicyclic) bond motifs is 6. The van der Waals surface area contributed by atoms with E-state index >= 15 is 0 Å². The van der Waals surface area contributed by atoms with E-state index in [2.05, 4.69) is 105 Å². The van der Waals surface area contributed by atoms with Crippen LogP contribution in [0.4, 0.5) is 0 Å². The van der Waals surface area contributed by atoms with Gasteiger partial charge in [0.25, 0.3) is 0 Å². The summed E-state index contributed by atoms with van der Waals surface area (Å²) >= 11 is 0. The van der Waals surface area contributed by atoms with Crippen molar-refractivity contribution in [3.8, 4) is 67.5 Å². The Balaban J connectivity index is 1.16.